The molecule has 6 nitrogen and oxygen atoms in total. The number of amides is 1. The number of nitrogen functional groups attached to an aromatic ring is 1. The number of aromatic nitrogens is 1. The van der Waals surface area contributed by atoms with Crippen LogP contribution in [0.5, 0.6) is 11.5 Å². The minimum absolute atomic E-state index is 0.0977. The molecule has 1 atom stereocenters. The highest BCUT2D eigenvalue weighted by atomic mass is 32.1. The second-order valence-corrected chi connectivity index (χ2v) is 8.80. The van der Waals surface area contributed by atoms with Crippen LogP contribution < -0.4 is 21.1 Å². The van der Waals surface area contributed by atoms with Gasteiger partial charge >= 0.3 is 0 Å². The minimum Gasteiger partial charge on any atom is -0.457 e. The third-order valence-electron chi connectivity index (χ3n) is 5.62. The van der Waals surface area contributed by atoms with Gasteiger partial charge in [0.1, 0.15) is 17.3 Å². The summed E-state index contributed by atoms with van der Waals surface area (Å²) in [5.41, 5.74) is 9.19. The zero-order chi connectivity index (χ0) is 22.6. The molecule has 4 aromatic rings. The molecule has 4 N–H and O–H groups in total. The number of carbonyl (C=O) groups excluding carboxylic acids is 1. The lowest BCUT2D eigenvalue weighted by Crippen LogP contribution is -2.34. The molecule has 0 saturated carbocycles. The van der Waals surface area contributed by atoms with Crippen molar-refractivity contribution in [3.8, 4) is 22.6 Å². The van der Waals surface area contributed by atoms with Crippen molar-refractivity contribution < 1.29 is 9.53 Å². The average molecular weight is 457 g/mol. The summed E-state index contributed by atoms with van der Waals surface area (Å²) in [6.45, 7) is 1.76. The van der Waals surface area contributed by atoms with Crippen LogP contribution in [0.3, 0.4) is 0 Å². The van der Waals surface area contributed by atoms with Crippen LogP contribution in [-0.2, 0) is 4.79 Å². The molecule has 1 saturated heterocycles. The van der Waals surface area contributed by atoms with E-state index in [4.69, 9.17) is 10.5 Å². The predicted octanol–water partition coefficient (Wildman–Crippen LogP) is 4.83. The number of hydrogen-bond donors (Lipinski definition) is 3. The summed E-state index contributed by atoms with van der Waals surface area (Å²) < 4.78 is 6.91. The second kappa shape index (κ2) is 9.44. The van der Waals surface area contributed by atoms with Crippen molar-refractivity contribution in [1.82, 2.24) is 15.6 Å². The summed E-state index contributed by atoms with van der Waals surface area (Å²) in [4.78, 5) is 16.7. The van der Waals surface area contributed by atoms with Gasteiger partial charge in [-0.25, -0.2) is 4.98 Å². The molecule has 2 aromatic heterocycles. The van der Waals surface area contributed by atoms with E-state index in [1.165, 1.54) is 0 Å². The summed E-state index contributed by atoms with van der Waals surface area (Å²) >= 11 is 1.60. The van der Waals surface area contributed by atoms with E-state index >= 15 is 0 Å². The number of hydrogen-bond acceptors (Lipinski definition) is 6. The molecule has 1 aliphatic rings. The first-order chi connectivity index (χ1) is 16.2. The molecule has 1 unspecified atom stereocenters. The maximum absolute atomic E-state index is 12.3. The Hall–Kier alpha value is -3.68. The van der Waals surface area contributed by atoms with Gasteiger partial charge in [0.05, 0.1) is 0 Å². The third kappa shape index (κ3) is 4.74. The quantitative estimate of drug-likeness (QED) is 0.362. The van der Waals surface area contributed by atoms with Crippen molar-refractivity contribution in [2.75, 3.05) is 18.8 Å². The molecule has 1 amide bonds. The smallest absolute Gasteiger partial charge is 0.244 e. The second-order valence-electron chi connectivity index (χ2n) is 7.92. The molecule has 5 rings (SSSR count). The van der Waals surface area contributed by atoms with E-state index in [0.29, 0.717) is 5.82 Å². The molecule has 2 aromatic carbocycles. The zero-order valence-corrected chi connectivity index (χ0v) is 18.8. The molecule has 1 fully saturated rings. The maximum Gasteiger partial charge on any atom is 0.244 e. The molecule has 7 heteroatoms. The van der Waals surface area contributed by atoms with Gasteiger partial charge in [0, 0.05) is 46.1 Å². The molecule has 0 bridgehead atoms. The Bertz CT molecular complexity index is 1290. The fourth-order valence-electron chi connectivity index (χ4n) is 3.94. The average Bonchev–Trinajstić information content (AvgIpc) is 3.51. The lowest BCUT2D eigenvalue weighted by molar-refractivity contribution is -0.117. The van der Waals surface area contributed by atoms with Crippen LogP contribution in [-0.4, -0.2) is 30.0 Å². The fraction of sp³-hybridized carbons (Fsp3) is 0.154. The van der Waals surface area contributed by atoms with Crippen molar-refractivity contribution >= 4 is 39.2 Å². The lowest BCUT2D eigenvalue weighted by Gasteiger charge is -2.08. The Balaban J connectivity index is 1.38. The van der Waals surface area contributed by atoms with E-state index < -0.39 is 0 Å². The summed E-state index contributed by atoms with van der Waals surface area (Å²) in [6.07, 6.45) is 6.05. The maximum atomic E-state index is 12.3. The Labute approximate surface area is 196 Å². The van der Waals surface area contributed by atoms with E-state index in [1.54, 1.807) is 23.6 Å². The molecule has 0 aliphatic carbocycles. The first-order valence-electron chi connectivity index (χ1n) is 10.9. The van der Waals surface area contributed by atoms with Gasteiger partial charge in [-0.15, -0.1) is 11.3 Å². The largest absolute Gasteiger partial charge is 0.457 e. The molecule has 0 spiro atoms. The lowest BCUT2D eigenvalue weighted by atomic mass is 10.0. The Morgan fingerprint density at radius 3 is 2.70 bits per heavy atom. The predicted molar refractivity (Wildman–Crippen MR) is 134 cm³/mol. The number of ether oxygens (including phenoxy) is 1. The van der Waals surface area contributed by atoms with E-state index in [9.17, 15) is 4.79 Å². The SMILES string of the molecule is Nc1ncc(C=CC(=O)NC2CCNC2)c2scc(-c3ccc(Oc4ccccc4)cc3)c12. The molecule has 1 aliphatic heterocycles. The van der Waals surface area contributed by atoms with Crippen molar-refractivity contribution in [1.29, 1.82) is 0 Å². The fourth-order valence-corrected chi connectivity index (χ4v) is 5.02. The Kier molecular flexibility index (Phi) is 6.06. The molecular weight excluding hydrogens is 432 g/mol. The Morgan fingerprint density at radius 2 is 1.94 bits per heavy atom. The number of thiophene rings is 1. The molecule has 3 heterocycles. The van der Waals surface area contributed by atoms with Gasteiger partial charge in [0.25, 0.3) is 0 Å². The minimum atomic E-state index is -0.0977. The van der Waals surface area contributed by atoms with Gasteiger partial charge in [0.15, 0.2) is 0 Å². The molecule has 33 heavy (non-hydrogen) atoms. The van der Waals surface area contributed by atoms with Gasteiger partial charge in [-0.05, 0) is 54.3 Å². The summed E-state index contributed by atoms with van der Waals surface area (Å²) in [5, 5.41) is 9.25. The van der Waals surface area contributed by atoms with Crippen LogP contribution >= 0.6 is 11.3 Å². The van der Waals surface area contributed by atoms with E-state index in [-0.39, 0.29) is 11.9 Å². The van der Waals surface area contributed by atoms with Crippen LogP contribution in [0, 0.1) is 0 Å². The monoisotopic (exact) mass is 456 g/mol. The summed E-state index contributed by atoms with van der Waals surface area (Å²) in [6, 6.07) is 17.8. The van der Waals surface area contributed by atoms with Crippen LogP contribution in [0.2, 0.25) is 0 Å². The van der Waals surface area contributed by atoms with Gasteiger partial charge in [-0.2, -0.15) is 0 Å². The topological polar surface area (TPSA) is 89.3 Å². The van der Waals surface area contributed by atoms with Crippen LogP contribution in [0.1, 0.15) is 12.0 Å². The Morgan fingerprint density at radius 1 is 1.15 bits per heavy atom. The van der Waals surface area contributed by atoms with Crippen LogP contribution in [0.4, 0.5) is 5.82 Å². The highest BCUT2D eigenvalue weighted by Crippen LogP contribution is 2.39. The van der Waals surface area contributed by atoms with Crippen molar-refractivity contribution in [2.24, 2.45) is 0 Å². The number of nitrogens with zero attached hydrogens (tertiary/aromatic N) is 1. The van der Waals surface area contributed by atoms with Gasteiger partial charge in [-0.3, -0.25) is 4.79 Å². The summed E-state index contributed by atoms with van der Waals surface area (Å²) in [5.74, 6) is 1.94. The first kappa shape index (κ1) is 21.2. The van der Waals surface area contributed by atoms with Gasteiger partial charge in [-0.1, -0.05) is 30.3 Å². The standard InChI is InChI=1S/C26H24N4O2S/c27-26-24-22(17-6-9-21(10-7-17)32-20-4-2-1-3-5-20)16-33-25(24)18(14-29-26)8-11-23(31)30-19-12-13-28-15-19/h1-11,14,16,19,28H,12-13,15H2,(H2,27,29)(H,30,31). The molecular formula is C26H24N4O2S. The number of carbonyl (C=O) groups is 1. The number of pyridine rings is 1. The number of anilines is 1. The van der Waals surface area contributed by atoms with Crippen LogP contribution in [0.15, 0.2) is 72.3 Å². The highest BCUT2D eigenvalue weighted by molar-refractivity contribution is 7.18. The van der Waals surface area contributed by atoms with Gasteiger partial charge < -0.3 is 21.1 Å². The highest BCUT2D eigenvalue weighted by Gasteiger charge is 2.16. The number of nitrogens with one attached hydrogen (secondary N) is 2. The van der Waals surface area contributed by atoms with Crippen molar-refractivity contribution in [2.45, 2.75) is 12.5 Å². The van der Waals surface area contributed by atoms with Crippen molar-refractivity contribution in [3.63, 3.8) is 0 Å². The summed E-state index contributed by atoms with van der Waals surface area (Å²) in [7, 11) is 0. The number of rotatable bonds is 6. The third-order valence-corrected chi connectivity index (χ3v) is 6.65. The van der Waals surface area contributed by atoms with E-state index in [0.717, 1.165) is 57.8 Å². The number of fused-ring (bicyclic) bond motifs is 1. The normalized spacial score (nSPS) is 15.8. The zero-order valence-electron chi connectivity index (χ0n) is 18.0. The van der Waals surface area contributed by atoms with E-state index in [1.807, 2.05) is 60.7 Å². The molecule has 0 radical (unpaired) electrons. The number of nitrogens with two attached hydrogens (primary N) is 1. The first-order valence-corrected chi connectivity index (χ1v) is 11.7. The van der Waals surface area contributed by atoms with Gasteiger partial charge in [0.2, 0.25) is 5.91 Å². The molecule has 166 valence electrons. The van der Waals surface area contributed by atoms with E-state index in [2.05, 4.69) is 21.0 Å². The van der Waals surface area contributed by atoms with Crippen LogP contribution in [0.25, 0.3) is 27.3 Å². The number of benzene rings is 2. The number of para-hydroxylation sites is 1. The van der Waals surface area contributed by atoms with Crippen molar-refractivity contribution in [3.05, 3.63) is 77.8 Å².